The molecule has 0 saturated carbocycles. The molecule has 2 saturated heterocycles. The highest BCUT2D eigenvalue weighted by Gasteiger charge is 2.54. The third-order valence-electron chi connectivity index (χ3n) is 4.00. The van der Waals surface area contributed by atoms with Crippen LogP contribution in [0, 0.1) is 0 Å². The number of nitrogens with zero attached hydrogens (tertiary/aromatic N) is 1. The first-order valence-corrected chi connectivity index (χ1v) is 6.39. The number of hydrogen-bond donors (Lipinski definition) is 0. The van der Waals surface area contributed by atoms with E-state index in [1.165, 1.54) is 0 Å². The largest absolute Gasteiger partial charge is 0.344 e. The number of rotatable bonds is 2. The van der Waals surface area contributed by atoms with Crippen molar-refractivity contribution in [2.45, 2.75) is 50.9 Å². The number of hydroxylamine groups is 2. The van der Waals surface area contributed by atoms with Gasteiger partial charge in [0, 0.05) is 13.0 Å². The maximum atomic E-state index is 14.7. The molecule has 3 nitrogen and oxygen atoms in total. The SMILES string of the molecule is CC1OC2CC(N(Cc3ccccc3)O2)C1(C)F. The number of fused-ring (bicyclic) bond motifs is 2. The van der Waals surface area contributed by atoms with Crippen LogP contribution >= 0.6 is 0 Å². The lowest BCUT2D eigenvalue weighted by Crippen LogP contribution is -2.53. The molecule has 3 rings (SSSR count). The summed E-state index contributed by atoms with van der Waals surface area (Å²) < 4.78 is 20.2. The zero-order valence-corrected chi connectivity index (χ0v) is 10.7. The van der Waals surface area contributed by atoms with E-state index in [4.69, 9.17) is 9.57 Å². The van der Waals surface area contributed by atoms with Gasteiger partial charge in [0.1, 0.15) is 0 Å². The Morgan fingerprint density at radius 2 is 2.11 bits per heavy atom. The van der Waals surface area contributed by atoms with Crippen molar-refractivity contribution in [3.8, 4) is 0 Å². The van der Waals surface area contributed by atoms with E-state index in [2.05, 4.69) is 0 Å². The minimum absolute atomic E-state index is 0.230. The summed E-state index contributed by atoms with van der Waals surface area (Å²) in [4.78, 5) is 5.67. The van der Waals surface area contributed by atoms with Crippen LogP contribution in [-0.4, -0.2) is 29.2 Å². The van der Waals surface area contributed by atoms with Crippen LogP contribution in [0.15, 0.2) is 30.3 Å². The first kappa shape index (κ1) is 12.1. The molecule has 4 atom stereocenters. The fourth-order valence-corrected chi connectivity index (χ4v) is 2.70. The molecule has 0 spiro atoms. The molecule has 2 fully saturated rings. The van der Waals surface area contributed by atoms with Crippen molar-refractivity contribution in [3.05, 3.63) is 35.9 Å². The zero-order valence-electron chi connectivity index (χ0n) is 10.7. The summed E-state index contributed by atoms with van der Waals surface area (Å²) in [5.74, 6) is 0. The van der Waals surface area contributed by atoms with Gasteiger partial charge in [-0.3, -0.25) is 4.84 Å². The first-order valence-electron chi connectivity index (χ1n) is 6.39. The Bertz CT molecular complexity index is 423. The molecule has 2 bridgehead atoms. The molecule has 2 heterocycles. The van der Waals surface area contributed by atoms with E-state index in [9.17, 15) is 4.39 Å². The van der Waals surface area contributed by atoms with Gasteiger partial charge in [0.2, 0.25) is 0 Å². The number of ether oxygens (including phenoxy) is 1. The van der Waals surface area contributed by atoms with Crippen LogP contribution in [0.3, 0.4) is 0 Å². The molecular weight excluding hydrogens is 233 g/mol. The molecule has 2 aliphatic heterocycles. The fourth-order valence-electron chi connectivity index (χ4n) is 2.70. The third kappa shape index (κ3) is 1.94. The van der Waals surface area contributed by atoms with Gasteiger partial charge in [0.25, 0.3) is 0 Å². The Morgan fingerprint density at radius 3 is 2.83 bits per heavy atom. The molecule has 98 valence electrons. The van der Waals surface area contributed by atoms with Crippen molar-refractivity contribution >= 4 is 0 Å². The average Bonchev–Trinajstić information content (AvgIpc) is 2.69. The predicted octanol–water partition coefficient (Wildman–Crippen LogP) is 2.67. The minimum atomic E-state index is -1.37. The summed E-state index contributed by atoms with van der Waals surface area (Å²) in [6.07, 6.45) is -0.121. The molecule has 0 aliphatic carbocycles. The second-order valence-corrected chi connectivity index (χ2v) is 5.28. The van der Waals surface area contributed by atoms with Crippen molar-refractivity contribution in [1.29, 1.82) is 0 Å². The summed E-state index contributed by atoms with van der Waals surface area (Å²) in [7, 11) is 0. The van der Waals surface area contributed by atoms with Gasteiger partial charge in [0.15, 0.2) is 12.0 Å². The summed E-state index contributed by atoms with van der Waals surface area (Å²) in [6.45, 7) is 3.97. The van der Waals surface area contributed by atoms with Crippen LogP contribution in [-0.2, 0) is 16.1 Å². The Morgan fingerprint density at radius 1 is 1.39 bits per heavy atom. The van der Waals surface area contributed by atoms with Gasteiger partial charge >= 0.3 is 0 Å². The maximum absolute atomic E-state index is 14.7. The highest BCUT2D eigenvalue weighted by molar-refractivity contribution is 5.15. The van der Waals surface area contributed by atoms with Gasteiger partial charge in [-0.05, 0) is 19.4 Å². The first-order chi connectivity index (χ1) is 8.57. The number of halogens is 1. The summed E-state index contributed by atoms with van der Waals surface area (Å²) in [6, 6.07) is 9.73. The van der Waals surface area contributed by atoms with Gasteiger partial charge in [-0.2, -0.15) is 5.06 Å². The monoisotopic (exact) mass is 251 g/mol. The number of benzene rings is 1. The van der Waals surface area contributed by atoms with Crippen molar-refractivity contribution < 1.29 is 14.0 Å². The van der Waals surface area contributed by atoms with Gasteiger partial charge in [-0.15, -0.1) is 0 Å². The van der Waals surface area contributed by atoms with E-state index in [1.54, 1.807) is 18.9 Å². The number of alkyl halides is 1. The number of hydrogen-bond acceptors (Lipinski definition) is 3. The van der Waals surface area contributed by atoms with Crippen LogP contribution < -0.4 is 0 Å². The van der Waals surface area contributed by atoms with Crippen molar-refractivity contribution in [2.24, 2.45) is 0 Å². The topological polar surface area (TPSA) is 21.7 Å². The third-order valence-corrected chi connectivity index (χ3v) is 4.00. The fraction of sp³-hybridized carbons (Fsp3) is 0.571. The van der Waals surface area contributed by atoms with Gasteiger partial charge < -0.3 is 4.74 Å². The molecule has 0 amide bonds. The van der Waals surface area contributed by atoms with E-state index < -0.39 is 11.8 Å². The Kier molecular flexibility index (Phi) is 2.88. The zero-order chi connectivity index (χ0) is 12.8. The molecule has 1 aromatic rings. The van der Waals surface area contributed by atoms with Crippen LogP contribution in [0.5, 0.6) is 0 Å². The van der Waals surface area contributed by atoms with Gasteiger partial charge in [-0.25, -0.2) is 4.39 Å². The molecule has 4 heteroatoms. The second-order valence-electron chi connectivity index (χ2n) is 5.28. The Hall–Kier alpha value is -0.970. The molecular formula is C14H18FNO2. The van der Waals surface area contributed by atoms with E-state index in [1.807, 2.05) is 30.3 Å². The molecule has 2 aliphatic rings. The lowest BCUT2D eigenvalue weighted by atomic mass is 9.88. The lowest BCUT2D eigenvalue weighted by Gasteiger charge is -2.37. The van der Waals surface area contributed by atoms with Crippen LogP contribution in [0.2, 0.25) is 0 Å². The average molecular weight is 251 g/mol. The smallest absolute Gasteiger partial charge is 0.179 e. The van der Waals surface area contributed by atoms with E-state index in [0.29, 0.717) is 13.0 Å². The predicted molar refractivity (Wildman–Crippen MR) is 65.3 cm³/mol. The van der Waals surface area contributed by atoms with Crippen LogP contribution in [0.4, 0.5) is 4.39 Å². The van der Waals surface area contributed by atoms with E-state index in [0.717, 1.165) is 5.56 Å². The minimum Gasteiger partial charge on any atom is -0.344 e. The molecule has 4 unspecified atom stereocenters. The molecule has 0 aromatic heterocycles. The van der Waals surface area contributed by atoms with Crippen molar-refractivity contribution in [2.75, 3.05) is 0 Å². The van der Waals surface area contributed by atoms with E-state index >= 15 is 0 Å². The quantitative estimate of drug-likeness (QED) is 0.806. The van der Waals surface area contributed by atoms with Crippen molar-refractivity contribution in [3.63, 3.8) is 0 Å². The highest BCUT2D eigenvalue weighted by atomic mass is 19.1. The molecule has 18 heavy (non-hydrogen) atoms. The van der Waals surface area contributed by atoms with E-state index in [-0.39, 0.29) is 12.3 Å². The Balaban J connectivity index is 1.79. The highest BCUT2D eigenvalue weighted by Crippen LogP contribution is 2.41. The van der Waals surface area contributed by atoms with Gasteiger partial charge in [-0.1, -0.05) is 30.3 Å². The summed E-state index contributed by atoms with van der Waals surface area (Å²) in [5, 5.41) is 1.74. The molecule has 0 radical (unpaired) electrons. The summed E-state index contributed by atoms with van der Waals surface area (Å²) >= 11 is 0. The standard InChI is InChI=1S/C14H18FNO2/c1-10-14(2,15)12-8-13(17-10)18-16(12)9-11-6-4-3-5-7-11/h3-7,10,12-13H,8-9H2,1-2H3. The lowest BCUT2D eigenvalue weighted by molar-refractivity contribution is -0.238. The van der Waals surface area contributed by atoms with Crippen molar-refractivity contribution in [1.82, 2.24) is 5.06 Å². The van der Waals surface area contributed by atoms with Gasteiger partial charge in [0.05, 0.1) is 12.1 Å². The van der Waals surface area contributed by atoms with Crippen LogP contribution in [0.25, 0.3) is 0 Å². The molecule has 1 aromatic carbocycles. The molecule has 0 N–H and O–H groups in total. The normalized spacial score (nSPS) is 40.1. The Labute approximate surface area is 106 Å². The van der Waals surface area contributed by atoms with Crippen LogP contribution in [0.1, 0.15) is 25.8 Å². The second kappa shape index (κ2) is 4.30. The summed E-state index contributed by atoms with van der Waals surface area (Å²) in [5.41, 5.74) is -0.254. The maximum Gasteiger partial charge on any atom is 0.179 e.